The first-order valence-corrected chi connectivity index (χ1v) is 6.42. The summed E-state index contributed by atoms with van der Waals surface area (Å²) in [6.45, 7) is 0. The minimum absolute atomic E-state index is 0.345. The van der Waals surface area contributed by atoms with Crippen molar-refractivity contribution in [1.82, 2.24) is 0 Å². The van der Waals surface area contributed by atoms with E-state index in [1.807, 2.05) is 0 Å². The predicted octanol–water partition coefficient (Wildman–Crippen LogP) is 4.72. The van der Waals surface area contributed by atoms with Gasteiger partial charge < -0.3 is 4.74 Å². The topological polar surface area (TPSA) is 26.3 Å². The van der Waals surface area contributed by atoms with E-state index in [1.165, 1.54) is 24.3 Å². The molecule has 2 aromatic carbocycles. The van der Waals surface area contributed by atoms with Gasteiger partial charge in [-0.05, 0) is 30.3 Å². The molecule has 0 unspecified atom stereocenters. The fourth-order valence-corrected chi connectivity index (χ4v) is 2.05. The number of hydrogen-bond acceptors (Lipinski definition) is 2. The number of ketones is 1. The van der Waals surface area contributed by atoms with Gasteiger partial charge in [-0.1, -0.05) is 28.1 Å². The summed E-state index contributed by atoms with van der Waals surface area (Å²) in [5.74, 6) is -2.40. The van der Waals surface area contributed by atoms with E-state index in [-0.39, 0.29) is 11.1 Å². The Morgan fingerprint density at radius 1 is 1.05 bits per heavy atom. The third-order valence-electron chi connectivity index (χ3n) is 2.53. The van der Waals surface area contributed by atoms with Crippen LogP contribution in [0, 0.1) is 5.82 Å². The molecule has 0 N–H and O–H groups in total. The summed E-state index contributed by atoms with van der Waals surface area (Å²) >= 11 is 3.07. The highest BCUT2D eigenvalue weighted by Gasteiger charge is 2.33. The highest BCUT2D eigenvalue weighted by atomic mass is 79.9. The van der Waals surface area contributed by atoms with E-state index in [0.29, 0.717) is 4.47 Å². The molecule has 21 heavy (non-hydrogen) atoms. The van der Waals surface area contributed by atoms with E-state index in [1.54, 1.807) is 0 Å². The molecule has 0 aromatic heterocycles. The molecular formula is C14H7BrF4O2. The Kier molecular flexibility index (Phi) is 4.32. The number of rotatable bonds is 3. The van der Waals surface area contributed by atoms with Crippen molar-refractivity contribution in [2.75, 3.05) is 0 Å². The molecule has 110 valence electrons. The summed E-state index contributed by atoms with van der Waals surface area (Å²) in [7, 11) is 0. The Hall–Kier alpha value is -1.89. The minimum atomic E-state index is -4.94. The van der Waals surface area contributed by atoms with Crippen LogP contribution in [-0.2, 0) is 0 Å². The van der Waals surface area contributed by atoms with Crippen LogP contribution in [-0.4, -0.2) is 12.1 Å². The summed E-state index contributed by atoms with van der Waals surface area (Å²) in [4.78, 5) is 12.2. The van der Waals surface area contributed by atoms with Gasteiger partial charge in [-0.2, -0.15) is 0 Å². The quantitative estimate of drug-likeness (QED) is 0.583. The molecule has 0 fully saturated rings. The molecule has 2 rings (SSSR count). The normalized spacial score (nSPS) is 11.3. The maximum absolute atomic E-state index is 13.7. The average Bonchev–Trinajstić information content (AvgIpc) is 2.39. The molecule has 0 saturated heterocycles. The van der Waals surface area contributed by atoms with Gasteiger partial charge in [-0.25, -0.2) is 4.39 Å². The van der Waals surface area contributed by atoms with E-state index in [9.17, 15) is 22.4 Å². The third-order valence-corrected chi connectivity index (χ3v) is 3.02. The Morgan fingerprint density at radius 2 is 1.71 bits per heavy atom. The van der Waals surface area contributed by atoms with Gasteiger partial charge in [0, 0.05) is 4.47 Å². The zero-order valence-electron chi connectivity index (χ0n) is 10.2. The van der Waals surface area contributed by atoms with Crippen molar-refractivity contribution in [2.24, 2.45) is 0 Å². The summed E-state index contributed by atoms with van der Waals surface area (Å²) in [6.07, 6.45) is -4.94. The van der Waals surface area contributed by atoms with Crippen molar-refractivity contribution in [2.45, 2.75) is 6.36 Å². The number of benzene rings is 2. The van der Waals surface area contributed by atoms with E-state index >= 15 is 0 Å². The first-order chi connectivity index (χ1) is 9.78. The van der Waals surface area contributed by atoms with Crippen molar-refractivity contribution in [3.63, 3.8) is 0 Å². The molecule has 2 nitrogen and oxygen atoms in total. The van der Waals surface area contributed by atoms with Crippen LogP contribution >= 0.6 is 15.9 Å². The molecule has 0 heterocycles. The molecule has 0 radical (unpaired) electrons. The second-order valence-electron chi connectivity index (χ2n) is 4.00. The summed E-state index contributed by atoms with van der Waals surface area (Å²) in [6, 6.07) is 8.42. The number of ether oxygens (including phenoxy) is 1. The summed E-state index contributed by atoms with van der Waals surface area (Å²) < 4.78 is 54.8. The van der Waals surface area contributed by atoms with Crippen molar-refractivity contribution >= 4 is 21.7 Å². The Bertz CT molecular complexity index is 683. The number of hydrogen-bond donors (Lipinski definition) is 0. The second-order valence-corrected chi connectivity index (χ2v) is 4.91. The molecular weight excluding hydrogens is 356 g/mol. The van der Waals surface area contributed by atoms with Crippen molar-refractivity contribution in [3.8, 4) is 5.75 Å². The molecule has 0 saturated carbocycles. The third kappa shape index (κ3) is 3.81. The Balaban J connectivity index is 2.46. The predicted molar refractivity (Wildman–Crippen MR) is 70.7 cm³/mol. The van der Waals surface area contributed by atoms with Crippen molar-refractivity contribution < 1.29 is 27.1 Å². The van der Waals surface area contributed by atoms with Crippen molar-refractivity contribution in [1.29, 1.82) is 0 Å². The summed E-state index contributed by atoms with van der Waals surface area (Å²) in [5, 5.41) is 0. The number of alkyl halides is 3. The van der Waals surface area contributed by atoms with Gasteiger partial charge in [0.2, 0.25) is 0 Å². The van der Waals surface area contributed by atoms with Gasteiger partial charge in [0.15, 0.2) is 5.78 Å². The van der Waals surface area contributed by atoms with Gasteiger partial charge in [0.1, 0.15) is 11.6 Å². The Morgan fingerprint density at radius 3 is 2.38 bits per heavy atom. The lowest BCUT2D eigenvalue weighted by molar-refractivity contribution is -0.274. The molecule has 0 bridgehead atoms. The number of para-hydroxylation sites is 1. The molecule has 0 amide bonds. The summed E-state index contributed by atoms with van der Waals surface area (Å²) in [5.41, 5.74) is -0.713. The second kappa shape index (κ2) is 5.85. The van der Waals surface area contributed by atoms with Crippen LogP contribution in [0.2, 0.25) is 0 Å². The highest BCUT2D eigenvalue weighted by Crippen LogP contribution is 2.29. The maximum Gasteiger partial charge on any atom is 0.573 e. The lowest BCUT2D eigenvalue weighted by atomic mass is 10.0. The molecule has 0 atom stereocenters. The molecule has 0 spiro atoms. The zero-order chi connectivity index (χ0) is 15.6. The fraction of sp³-hybridized carbons (Fsp3) is 0.0714. The smallest absolute Gasteiger partial charge is 0.405 e. The van der Waals surface area contributed by atoms with Gasteiger partial charge in [0.25, 0.3) is 0 Å². The maximum atomic E-state index is 13.7. The lowest BCUT2D eigenvalue weighted by Gasteiger charge is -2.12. The fourth-order valence-electron chi connectivity index (χ4n) is 1.68. The van der Waals surface area contributed by atoms with Crippen LogP contribution < -0.4 is 4.74 Å². The SMILES string of the molecule is O=C(c1cc(Br)ccc1F)c1ccccc1OC(F)(F)F. The highest BCUT2D eigenvalue weighted by molar-refractivity contribution is 9.10. The number of carbonyl (C=O) groups is 1. The van der Waals surface area contributed by atoms with Gasteiger partial charge in [0.05, 0.1) is 11.1 Å². The van der Waals surface area contributed by atoms with Gasteiger partial charge >= 0.3 is 6.36 Å². The number of halogens is 5. The van der Waals surface area contributed by atoms with Crippen LogP contribution in [0.1, 0.15) is 15.9 Å². The standard InChI is InChI=1S/C14H7BrF4O2/c15-8-5-6-11(16)10(7-8)13(20)9-3-1-2-4-12(9)21-14(17,18)19/h1-7H. The Labute approximate surface area is 125 Å². The number of carbonyl (C=O) groups excluding carboxylic acids is 1. The molecule has 0 aliphatic carbocycles. The van der Waals surface area contributed by atoms with E-state index < -0.39 is 23.7 Å². The monoisotopic (exact) mass is 362 g/mol. The van der Waals surface area contributed by atoms with E-state index in [4.69, 9.17) is 0 Å². The molecule has 0 aliphatic heterocycles. The first-order valence-electron chi connectivity index (χ1n) is 5.62. The molecule has 2 aromatic rings. The molecule has 7 heteroatoms. The van der Waals surface area contributed by atoms with Crippen LogP contribution in [0.3, 0.4) is 0 Å². The van der Waals surface area contributed by atoms with Gasteiger partial charge in [-0.3, -0.25) is 4.79 Å². The largest absolute Gasteiger partial charge is 0.573 e. The first kappa shape index (κ1) is 15.5. The van der Waals surface area contributed by atoms with Gasteiger partial charge in [-0.15, -0.1) is 13.2 Å². The van der Waals surface area contributed by atoms with E-state index in [0.717, 1.165) is 18.2 Å². The zero-order valence-corrected chi connectivity index (χ0v) is 11.8. The average molecular weight is 363 g/mol. The van der Waals surface area contributed by atoms with Crippen molar-refractivity contribution in [3.05, 3.63) is 63.9 Å². The lowest BCUT2D eigenvalue weighted by Crippen LogP contribution is -2.19. The van der Waals surface area contributed by atoms with Crippen LogP contribution in [0.25, 0.3) is 0 Å². The van der Waals surface area contributed by atoms with Crippen LogP contribution in [0.15, 0.2) is 46.9 Å². The molecule has 0 aliphatic rings. The minimum Gasteiger partial charge on any atom is -0.405 e. The van der Waals surface area contributed by atoms with Crippen LogP contribution in [0.5, 0.6) is 5.75 Å². The van der Waals surface area contributed by atoms with Crippen LogP contribution in [0.4, 0.5) is 17.6 Å². The van der Waals surface area contributed by atoms with E-state index in [2.05, 4.69) is 20.7 Å².